The summed E-state index contributed by atoms with van der Waals surface area (Å²) in [5, 5.41) is 0. The average molecular weight is 373 g/mol. The molecule has 0 aliphatic carbocycles. The number of hydrogen-bond acceptors (Lipinski definition) is 1. The summed E-state index contributed by atoms with van der Waals surface area (Å²) in [7, 11) is 0. The van der Waals surface area contributed by atoms with Crippen LogP contribution >= 0.6 is 0 Å². The van der Waals surface area contributed by atoms with Gasteiger partial charge in [0.1, 0.15) is 0 Å². The second kappa shape index (κ2) is 7.12. The van der Waals surface area contributed by atoms with E-state index in [1.54, 1.807) is 0 Å². The van der Waals surface area contributed by atoms with Crippen LogP contribution in [0.5, 0.6) is 0 Å². The molecule has 3 heteroatoms. The lowest BCUT2D eigenvalue weighted by molar-refractivity contribution is 0.186. The van der Waals surface area contributed by atoms with Gasteiger partial charge in [0, 0.05) is 18.3 Å². The molecule has 3 heterocycles. The number of rotatable bonds is 2. The molecule has 28 heavy (non-hydrogen) atoms. The first kappa shape index (κ1) is 17.5. The first-order chi connectivity index (χ1) is 13.8. The van der Waals surface area contributed by atoms with Crippen LogP contribution in [0.4, 0.5) is 10.5 Å². The Balaban J connectivity index is 1.44. The van der Waals surface area contributed by atoms with Crippen molar-refractivity contribution < 1.29 is 4.79 Å². The van der Waals surface area contributed by atoms with Crippen LogP contribution in [0.15, 0.2) is 54.6 Å². The molecule has 3 aliphatic rings. The number of amides is 2. The van der Waals surface area contributed by atoms with Gasteiger partial charge in [-0.2, -0.15) is 0 Å². The predicted molar refractivity (Wildman–Crippen MR) is 115 cm³/mol. The molecule has 1 saturated heterocycles. The summed E-state index contributed by atoms with van der Waals surface area (Å²) in [6, 6.07) is 17.9. The summed E-state index contributed by atoms with van der Waals surface area (Å²) in [5.74, 6) is 0. The lowest BCUT2D eigenvalue weighted by Gasteiger charge is -2.40. The Morgan fingerprint density at radius 3 is 2.75 bits per heavy atom. The number of carbonyl (C=O) groups excluding carboxylic acids is 1. The standard InChI is InChI=1S/C25H28N2O/c1-2-18-8-3-5-11-23(18)20-16-21-13-14-22(17-20)27(21)25(28)26-15-7-10-19-9-4-6-12-24(19)26/h3-6,8-9,11-12,16,21-22H,2,7,10,13-15,17H2,1H3. The van der Waals surface area contributed by atoms with Crippen molar-refractivity contribution in [3.63, 3.8) is 0 Å². The molecule has 3 aliphatic heterocycles. The predicted octanol–water partition coefficient (Wildman–Crippen LogP) is 5.44. The summed E-state index contributed by atoms with van der Waals surface area (Å²) < 4.78 is 0. The van der Waals surface area contributed by atoms with Gasteiger partial charge in [-0.25, -0.2) is 4.79 Å². The van der Waals surface area contributed by atoms with Gasteiger partial charge in [-0.15, -0.1) is 0 Å². The molecule has 2 unspecified atom stereocenters. The van der Waals surface area contributed by atoms with Gasteiger partial charge >= 0.3 is 6.03 Å². The molecule has 2 aromatic rings. The van der Waals surface area contributed by atoms with E-state index in [1.807, 2.05) is 4.90 Å². The number of aryl methyl sites for hydroxylation is 2. The normalized spacial score (nSPS) is 23.4. The van der Waals surface area contributed by atoms with E-state index in [4.69, 9.17) is 0 Å². The molecule has 2 bridgehead atoms. The Labute approximate surface area is 167 Å². The maximum absolute atomic E-state index is 13.6. The summed E-state index contributed by atoms with van der Waals surface area (Å²) in [4.78, 5) is 17.8. The molecule has 0 saturated carbocycles. The van der Waals surface area contributed by atoms with Crippen molar-refractivity contribution in [1.29, 1.82) is 0 Å². The second-order valence-electron chi connectivity index (χ2n) is 8.28. The maximum atomic E-state index is 13.6. The van der Waals surface area contributed by atoms with E-state index in [1.165, 1.54) is 22.3 Å². The van der Waals surface area contributed by atoms with E-state index in [-0.39, 0.29) is 12.1 Å². The fourth-order valence-electron chi connectivity index (χ4n) is 5.34. The quantitative estimate of drug-likeness (QED) is 0.688. The van der Waals surface area contributed by atoms with Crippen molar-refractivity contribution in [3.05, 3.63) is 71.3 Å². The average Bonchev–Trinajstić information content (AvgIpc) is 3.02. The Bertz CT molecular complexity index is 932. The van der Waals surface area contributed by atoms with Crippen molar-refractivity contribution in [2.75, 3.05) is 11.4 Å². The zero-order chi connectivity index (χ0) is 19.1. The van der Waals surface area contributed by atoms with E-state index >= 15 is 0 Å². The molecule has 1 fully saturated rings. The van der Waals surface area contributed by atoms with E-state index in [2.05, 4.69) is 66.4 Å². The van der Waals surface area contributed by atoms with E-state index in [0.29, 0.717) is 6.04 Å². The van der Waals surface area contributed by atoms with Crippen LogP contribution in [0.3, 0.4) is 0 Å². The first-order valence-corrected chi connectivity index (χ1v) is 10.7. The minimum absolute atomic E-state index is 0.207. The van der Waals surface area contributed by atoms with Gasteiger partial charge in [-0.1, -0.05) is 55.5 Å². The van der Waals surface area contributed by atoms with Crippen molar-refractivity contribution in [2.45, 2.75) is 57.5 Å². The van der Waals surface area contributed by atoms with Crippen molar-refractivity contribution in [2.24, 2.45) is 0 Å². The zero-order valence-electron chi connectivity index (χ0n) is 16.6. The van der Waals surface area contributed by atoms with Crippen LogP contribution < -0.4 is 4.90 Å². The molecule has 144 valence electrons. The maximum Gasteiger partial charge on any atom is 0.325 e. The third-order valence-electron chi connectivity index (χ3n) is 6.70. The summed E-state index contributed by atoms with van der Waals surface area (Å²) >= 11 is 0. The van der Waals surface area contributed by atoms with Crippen molar-refractivity contribution in [3.8, 4) is 0 Å². The molecule has 2 atom stereocenters. The topological polar surface area (TPSA) is 23.6 Å². The molecule has 0 spiro atoms. The van der Waals surface area contributed by atoms with Gasteiger partial charge in [0.05, 0.1) is 6.04 Å². The molecule has 2 aromatic carbocycles. The SMILES string of the molecule is CCc1ccccc1C1=CC2CCC(C1)N2C(=O)N1CCCc2ccccc21. The van der Waals surface area contributed by atoms with Gasteiger partial charge in [0.15, 0.2) is 0 Å². The van der Waals surface area contributed by atoms with Crippen LogP contribution in [0.1, 0.15) is 49.3 Å². The summed E-state index contributed by atoms with van der Waals surface area (Å²) in [6.07, 6.45) is 8.74. The first-order valence-electron chi connectivity index (χ1n) is 10.7. The van der Waals surface area contributed by atoms with E-state index < -0.39 is 0 Å². The van der Waals surface area contributed by atoms with Gasteiger partial charge in [0.25, 0.3) is 0 Å². The molecule has 0 N–H and O–H groups in total. The fourth-order valence-corrected chi connectivity index (χ4v) is 5.34. The Morgan fingerprint density at radius 1 is 1.07 bits per heavy atom. The van der Waals surface area contributed by atoms with Gasteiger partial charge in [-0.3, -0.25) is 4.90 Å². The minimum Gasteiger partial charge on any atom is -0.315 e. The lowest BCUT2D eigenvalue weighted by atomic mass is 9.91. The van der Waals surface area contributed by atoms with Crippen LogP contribution in [0.25, 0.3) is 5.57 Å². The molecule has 5 rings (SSSR count). The molecule has 3 nitrogen and oxygen atoms in total. The van der Waals surface area contributed by atoms with Crippen LogP contribution in [0.2, 0.25) is 0 Å². The number of para-hydroxylation sites is 1. The third-order valence-corrected chi connectivity index (χ3v) is 6.70. The number of hydrogen-bond donors (Lipinski definition) is 0. The Kier molecular flexibility index (Phi) is 4.46. The van der Waals surface area contributed by atoms with E-state index in [9.17, 15) is 4.79 Å². The van der Waals surface area contributed by atoms with Gasteiger partial charge in [-0.05, 0) is 66.9 Å². The molecular formula is C25H28N2O. The smallest absolute Gasteiger partial charge is 0.315 e. The lowest BCUT2D eigenvalue weighted by Crippen LogP contribution is -2.51. The largest absolute Gasteiger partial charge is 0.325 e. The number of benzene rings is 2. The van der Waals surface area contributed by atoms with Gasteiger partial charge in [0.2, 0.25) is 0 Å². The van der Waals surface area contributed by atoms with Crippen molar-refractivity contribution in [1.82, 2.24) is 4.90 Å². The summed E-state index contributed by atoms with van der Waals surface area (Å²) in [6.45, 7) is 3.06. The number of fused-ring (bicyclic) bond motifs is 3. The second-order valence-corrected chi connectivity index (χ2v) is 8.28. The number of urea groups is 1. The molecular weight excluding hydrogens is 344 g/mol. The van der Waals surface area contributed by atoms with E-state index in [0.717, 1.165) is 50.8 Å². The molecule has 2 amide bonds. The number of nitrogens with zero attached hydrogens (tertiary/aromatic N) is 2. The number of carbonyl (C=O) groups is 1. The van der Waals surface area contributed by atoms with Crippen molar-refractivity contribution >= 4 is 17.3 Å². The molecule has 0 aromatic heterocycles. The Hall–Kier alpha value is -2.55. The monoisotopic (exact) mass is 372 g/mol. The highest BCUT2D eigenvalue weighted by Crippen LogP contribution is 2.41. The zero-order valence-corrected chi connectivity index (χ0v) is 16.6. The highest BCUT2D eigenvalue weighted by molar-refractivity contribution is 5.94. The molecule has 0 radical (unpaired) electrons. The minimum atomic E-state index is 0.207. The fraction of sp³-hybridized carbons (Fsp3) is 0.400. The van der Waals surface area contributed by atoms with Crippen LogP contribution in [0, 0.1) is 0 Å². The third kappa shape index (κ3) is 2.85. The van der Waals surface area contributed by atoms with Gasteiger partial charge < -0.3 is 4.90 Å². The van der Waals surface area contributed by atoms with Crippen LogP contribution in [-0.2, 0) is 12.8 Å². The van der Waals surface area contributed by atoms with Crippen LogP contribution in [-0.4, -0.2) is 29.6 Å². The summed E-state index contributed by atoms with van der Waals surface area (Å²) in [5.41, 5.74) is 6.66. The highest BCUT2D eigenvalue weighted by atomic mass is 16.2. The number of anilines is 1. The Morgan fingerprint density at radius 2 is 1.89 bits per heavy atom. The highest BCUT2D eigenvalue weighted by Gasteiger charge is 2.42.